The summed E-state index contributed by atoms with van der Waals surface area (Å²) in [6, 6.07) is 37.0. The number of hydrogen-bond acceptors (Lipinski definition) is 3. The van der Waals surface area contributed by atoms with Crippen LogP contribution in [0.5, 0.6) is 0 Å². The van der Waals surface area contributed by atoms with Crippen LogP contribution >= 0.6 is 15.8 Å². The van der Waals surface area contributed by atoms with E-state index in [1.807, 2.05) is 0 Å². The lowest BCUT2D eigenvalue weighted by Gasteiger charge is -2.23. The van der Waals surface area contributed by atoms with Gasteiger partial charge in [0, 0.05) is 59.3 Å². The minimum Gasteiger partial charge on any atom is -0.378 e. The van der Waals surface area contributed by atoms with Gasteiger partial charge in [-0.1, -0.05) is 66.2 Å². The van der Waals surface area contributed by atoms with Gasteiger partial charge in [-0.2, -0.15) is 0 Å². The molecule has 0 fully saturated rings. The smallest absolute Gasteiger partial charge is 0.0361 e. The number of hydrogen-bond donors (Lipinski definition) is 0. The Bertz CT molecular complexity index is 1260. The number of unbranched alkanes of at least 4 members (excludes halogenated alkanes) is 1. The Morgan fingerprint density at radius 2 is 0.650 bits per heavy atom. The monoisotopic (exact) mass is 569 g/mol. The van der Waals surface area contributed by atoms with Gasteiger partial charge in [-0.05, 0) is 106 Å². The van der Waals surface area contributed by atoms with Crippen LogP contribution in [0.4, 0.5) is 17.1 Å². The molecule has 0 N–H and O–H groups in total. The maximum atomic E-state index is 2.35. The molecule has 0 aromatic heterocycles. The zero-order chi connectivity index (χ0) is 28.6. The number of aryl methyl sites for hydroxylation is 1. The summed E-state index contributed by atoms with van der Waals surface area (Å²) >= 11 is 0. The van der Waals surface area contributed by atoms with Crippen LogP contribution in [0.1, 0.15) is 18.4 Å². The molecule has 1 atom stereocenters. The van der Waals surface area contributed by atoms with Crippen LogP contribution < -0.4 is 35.9 Å². The molecule has 3 nitrogen and oxygen atoms in total. The summed E-state index contributed by atoms with van der Waals surface area (Å²) in [5.74, 6) is 0. The van der Waals surface area contributed by atoms with Crippen LogP contribution in [0, 0.1) is 6.92 Å². The van der Waals surface area contributed by atoms with Gasteiger partial charge in [0.2, 0.25) is 0 Å². The molecule has 0 bridgehead atoms. The lowest BCUT2D eigenvalue weighted by molar-refractivity contribution is 0.902. The zero-order valence-electron chi connectivity index (χ0n) is 25.3. The molecule has 40 heavy (non-hydrogen) atoms. The second-order valence-corrected chi connectivity index (χ2v) is 15.8. The SMILES string of the molecule is Cc1ccc(P(CCCCP(c2ccc(N(C)C)cc2)c2ccc(N(C)C)cc2)c2ccc(N(C)C)cc2)cc1. The summed E-state index contributed by atoms with van der Waals surface area (Å²) in [4.78, 5) is 6.53. The van der Waals surface area contributed by atoms with E-state index in [1.54, 1.807) is 0 Å². The zero-order valence-corrected chi connectivity index (χ0v) is 27.1. The van der Waals surface area contributed by atoms with Gasteiger partial charge in [-0.25, -0.2) is 0 Å². The Labute approximate surface area is 245 Å². The lowest BCUT2D eigenvalue weighted by atomic mass is 10.2. The molecule has 210 valence electrons. The quantitative estimate of drug-likeness (QED) is 0.142. The molecule has 4 aromatic rings. The summed E-state index contributed by atoms with van der Waals surface area (Å²) < 4.78 is 0. The number of nitrogens with zero attached hydrogens (tertiary/aromatic N) is 3. The number of anilines is 3. The van der Waals surface area contributed by atoms with E-state index in [9.17, 15) is 0 Å². The highest BCUT2D eigenvalue weighted by Gasteiger charge is 2.17. The topological polar surface area (TPSA) is 9.72 Å². The first-order valence-corrected chi connectivity index (χ1v) is 17.2. The summed E-state index contributed by atoms with van der Waals surface area (Å²) in [5, 5.41) is 5.90. The van der Waals surface area contributed by atoms with Gasteiger partial charge in [0.05, 0.1) is 0 Å². The van der Waals surface area contributed by atoms with Crippen molar-refractivity contribution in [2.75, 3.05) is 69.3 Å². The van der Waals surface area contributed by atoms with Crippen LogP contribution in [-0.2, 0) is 0 Å². The van der Waals surface area contributed by atoms with Crippen LogP contribution in [0.25, 0.3) is 0 Å². The maximum Gasteiger partial charge on any atom is 0.0361 e. The Morgan fingerprint density at radius 1 is 0.400 bits per heavy atom. The molecule has 0 saturated carbocycles. The molecular weight excluding hydrogens is 524 g/mol. The molecule has 0 saturated heterocycles. The van der Waals surface area contributed by atoms with Crippen molar-refractivity contribution in [1.82, 2.24) is 0 Å². The molecule has 0 radical (unpaired) electrons. The highest BCUT2D eigenvalue weighted by molar-refractivity contribution is 7.73. The van der Waals surface area contributed by atoms with Crippen molar-refractivity contribution in [2.45, 2.75) is 19.8 Å². The van der Waals surface area contributed by atoms with E-state index in [-0.39, 0.29) is 7.92 Å². The predicted octanol–water partition coefficient (Wildman–Crippen LogP) is 6.54. The standard InChI is InChI=1S/C35H45N3P2/c1-28-10-18-32(19-11-28)39(33-20-12-29(13-21-33)36(2)3)26-8-9-27-40(34-22-14-30(15-23-34)37(4)5)35-24-16-31(17-25-35)38(6)7/h10-25H,8-9,26-27H2,1-7H3. The number of benzene rings is 4. The minimum absolute atomic E-state index is 0.380. The predicted molar refractivity (Wildman–Crippen MR) is 185 cm³/mol. The fourth-order valence-electron chi connectivity index (χ4n) is 4.87. The van der Waals surface area contributed by atoms with Crippen LogP contribution in [-0.4, -0.2) is 54.6 Å². The fraction of sp³-hybridized carbons (Fsp3) is 0.314. The molecular formula is C35H45N3P2. The van der Waals surface area contributed by atoms with E-state index in [4.69, 9.17) is 0 Å². The van der Waals surface area contributed by atoms with E-state index in [1.165, 1.54) is 69.0 Å². The van der Waals surface area contributed by atoms with Crippen molar-refractivity contribution >= 4 is 54.1 Å². The van der Waals surface area contributed by atoms with Crippen molar-refractivity contribution in [1.29, 1.82) is 0 Å². The second kappa shape index (κ2) is 14.2. The van der Waals surface area contributed by atoms with Crippen molar-refractivity contribution in [3.63, 3.8) is 0 Å². The summed E-state index contributed by atoms with van der Waals surface area (Å²) in [6.45, 7) is 2.18. The van der Waals surface area contributed by atoms with E-state index in [2.05, 4.69) is 161 Å². The van der Waals surface area contributed by atoms with Crippen LogP contribution in [0.15, 0.2) is 97.1 Å². The molecule has 0 heterocycles. The summed E-state index contributed by atoms with van der Waals surface area (Å²) in [6.07, 6.45) is 4.91. The van der Waals surface area contributed by atoms with Gasteiger partial charge < -0.3 is 14.7 Å². The van der Waals surface area contributed by atoms with E-state index < -0.39 is 7.92 Å². The fourth-order valence-corrected chi connectivity index (χ4v) is 9.62. The Morgan fingerprint density at radius 3 is 0.900 bits per heavy atom. The van der Waals surface area contributed by atoms with Gasteiger partial charge in [-0.3, -0.25) is 0 Å². The van der Waals surface area contributed by atoms with Crippen molar-refractivity contribution in [3.05, 3.63) is 103 Å². The second-order valence-electron chi connectivity index (χ2n) is 11.1. The van der Waals surface area contributed by atoms with Gasteiger partial charge in [0.25, 0.3) is 0 Å². The van der Waals surface area contributed by atoms with Gasteiger partial charge in [0.1, 0.15) is 0 Å². The lowest BCUT2D eigenvalue weighted by Crippen LogP contribution is -2.17. The van der Waals surface area contributed by atoms with Crippen molar-refractivity contribution in [3.8, 4) is 0 Å². The van der Waals surface area contributed by atoms with E-state index in [0.717, 1.165) is 0 Å². The van der Waals surface area contributed by atoms with Crippen LogP contribution in [0.2, 0.25) is 0 Å². The average Bonchev–Trinajstić information content (AvgIpc) is 2.96. The first kappa shape index (κ1) is 30.1. The molecule has 0 amide bonds. The highest BCUT2D eigenvalue weighted by Crippen LogP contribution is 2.39. The molecule has 1 unspecified atom stereocenters. The van der Waals surface area contributed by atoms with Crippen molar-refractivity contribution < 1.29 is 0 Å². The summed E-state index contributed by atoms with van der Waals surface area (Å²) in [7, 11) is 11.9. The molecule has 4 aromatic carbocycles. The van der Waals surface area contributed by atoms with E-state index >= 15 is 0 Å². The third-order valence-corrected chi connectivity index (χ3v) is 12.6. The largest absolute Gasteiger partial charge is 0.378 e. The molecule has 4 rings (SSSR count). The third-order valence-electron chi connectivity index (χ3n) is 7.39. The Balaban J connectivity index is 1.52. The molecule has 0 aliphatic rings. The average molecular weight is 570 g/mol. The van der Waals surface area contributed by atoms with Gasteiger partial charge in [-0.15, -0.1) is 0 Å². The summed E-state index contributed by atoms with van der Waals surface area (Å²) in [5.41, 5.74) is 5.10. The third kappa shape index (κ3) is 7.87. The molecule has 0 aliphatic heterocycles. The Hall–Kier alpha value is -2.86. The Kier molecular flexibility index (Phi) is 10.7. The van der Waals surface area contributed by atoms with Crippen LogP contribution in [0.3, 0.4) is 0 Å². The highest BCUT2D eigenvalue weighted by atomic mass is 31.1. The first-order chi connectivity index (χ1) is 19.2. The van der Waals surface area contributed by atoms with Gasteiger partial charge in [0.15, 0.2) is 0 Å². The van der Waals surface area contributed by atoms with Crippen molar-refractivity contribution in [2.24, 2.45) is 0 Å². The normalized spacial score (nSPS) is 11.9. The molecule has 5 heteroatoms. The number of rotatable bonds is 12. The maximum absolute atomic E-state index is 2.35. The minimum atomic E-state index is -0.405. The molecule has 0 aliphatic carbocycles. The first-order valence-electron chi connectivity index (χ1n) is 14.2. The van der Waals surface area contributed by atoms with E-state index in [0.29, 0.717) is 0 Å². The van der Waals surface area contributed by atoms with Gasteiger partial charge >= 0.3 is 0 Å². The molecule has 0 spiro atoms.